The third kappa shape index (κ3) is 3.08. The summed E-state index contributed by atoms with van der Waals surface area (Å²) in [6, 6.07) is 11.6. The van der Waals surface area contributed by atoms with Gasteiger partial charge in [-0.1, -0.05) is 22.0 Å². The van der Waals surface area contributed by atoms with Gasteiger partial charge in [0.2, 0.25) is 0 Å². The van der Waals surface area contributed by atoms with E-state index in [1.54, 1.807) is 17.0 Å². The second-order valence-corrected chi connectivity index (χ2v) is 5.73. The van der Waals surface area contributed by atoms with Crippen LogP contribution < -0.4 is 9.64 Å². The predicted molar refractivity (Wildman–Crippen MR) is 82.1 cm³/mol. The molecule has 1 heterocycles. The van der Waals surface area contributed by atoms with Gasteiger partial charge in [0.05, 0.1) is 0 Å². The number of hydrogen-bond acceptors (Lipinski definition) is 2. The van der Waals surface area contributed by atoms with Crippen LogP contribution in [0.25, 0.3) is 0 Å². The second kappa shape index (κ2) is 5.85. The number of nitrogens with zero attached hydrogens (tertiary/aromatic N) is 1. The maximum Gasteiger partial charge on any atom is 0.264 e. The van der Waals surface area contributed by atoms with Crippen molar-refractivity contribution in [3.63, 3.8) is 0 Å². The molecule has 0 radical (unpaired) electrons. The molecule has 0 saturated carbocycles. The summed E-state index contributed by atoms with van der Waals surface area (Å²) in [5.41, 5.74) is 2.06. The van der Waals surface area contributed by atoms with Crippen LogP contribution in [0.1, 0.15) is 5.56 Å². The third-order valence-electron chi connectivity index (χ3n) is 3.40. The molecule has 0 aliphatic carbocycles. The molecule has 21 heavy (non-hydrogen) atoms. The summed E-state index contributed by atoms with van der Waals surface area (Å²) in [5.74, 6) is -0.143. The molecule has 0 saturated heterocycles. The van der Waals surface area contributed by atoms with Crippen molar-refractivity contribution in [2.75, 3.05) is 18.1 Å². The minimum Gasteiger partial charge on any atom is -0.484 e. The third-order valence-corrected chi connectivity index (χ3v) is 3.89. The Morgan fingerprint density at radius 3 is 2.95 bits per heavy atom. The van der Waals surface area contributed by atoms with Gasteiger partial charge in [-0.05, 0) is 42.3 Å². The summed E-state index contributed by atoms with van der Waals surface area (Å²) in [4.78, 5) is 14.0. The number of carbonyl (C=O) groups excluding carboxylic acids is 1. The molecule has 0 unspecified atom stereocenters. The van der Waals surface area contributed by atoms with Crippen molar-refractivity contribution >= 4 is 27.5 Å². The van der Waals surface area contributed by atoms with Gasteiger partial charge in [-0.15, -0.1) is 0 Å². The fraction of sp³-hybridized carbons (Fsp3) is 0.188. The second-order valence-electron chi connectivity index (χ2n) is 4.81. The Kier molecular flexibility index (Phi) is 3.92. The molecule has 1 amide bonds. The highest BCUT2D eigenvalue weighted by Gasteiger charge is 2.24. The molecule has 0 spiro atoms. The molecule has 1 aliphatic rings. The van der Waals surface area contributed by atoms with Crippen LogP contribution in [-0.4, -0.2) is 19.1 Å². The van der Waals surface area contributed by atoms with Gasteiger partial charge in [-0.3, -0.25) is 4.79 Å². The minimum atomic E-state index is -0.378. The highest BCUT2D eigenvalue weighted by molar-refractivity contribution is 9.10. The van der Waals surface area contributed by atoms with Crippen LogP contribution in [0.3, 0.4) is 0 Å². The normalized spacial score (nSPS) is 13.1. The van der Waals surface area contributed by atoms with E-state index < -0.39 is 0 Å². The Hall–Kier alpha value is -1.88. The molecule has 0 atom stereocenters. The summed E-state index contributed by atoms with van der Waals surface area (Å²) in [5, 5.41) is 0. The Morgan fingerprint density at radius 1 is 1.29 bits per heavy atom. The maximum absolute atomic E-state index is 13.0. The lowest BCUT2D eigenvalue weighted by Gasteiger charge is -2.17. The lowest BCUT2D eigenvalue weighted by molar-refractivity contribution is -0.120. The van der Waals surface area contributed by atoms with E-state index in [4.69, 9.17) is 4.74 Å². The molecule has 0 fully saturated rings. The topological polar surface area (TPSA) is 29.5 Å². The highest BCUT2D eigenvalue weighted by atomic mass is 79.9. The van der Waals surface area contributed by atoms with Crippen molar-refractivity contribution in [1.29, 1.82) is 0 Å². The molecule has 5 heteroatoms. The zero-order chi connectivity index (χ0) is 14.8. The predicted octanol–water partition coefficient (Wildman–Crippen LogP) is 3.56. The van der Waals surface area contributed by atoms with Crippen LogP contribution in [0.2, 0.25) is 0 Å². The number of carbonyl (C=O) groups is 1. The van der Waals surface area contributed by atoms with E-state index in [0.717, 1.165) is 22.1 Å². The summed E-state index contributed by atoms with van der Waals surface area (Å²) < 4.78 is 19.4. The fourth-order valence-corrected chi connectivity index (χ4v) is 2.82. The van der Waals surface area contributed by atoms with Gasteiger partial charge in [0, 0.05) is 22.8 Å². The summed E-state index contributed by atoms with van der Waals surface area (Å²) in [6.07, 6.45) is 0.834. The SMILES string of the molecule is O=C(COc1cccc(F)c1)N1CCc2cc(Br)ccc21. The van der Waals surface area contributed by atoms with Crippen LogP contribution in [-0.2, 0) is 11.2 Å². The van der Waals surface area contributed by atoms with Gasteiger partial charge in [0.15, 0.2) is 6.61 Å². The van der Waals surface area contributed by atoms with E-state index in [1.807, 2.05) is 18.2 Å². The number of halogens is 2. The number of fused-ring (bicyclic) bond motifs is 1. The molecule has 3 nitrogen and oxygen atoms in total. The monoisotopic (exact) mass is 349 g/mol. The van der Waals surface area contributed by atoms with Gasteiger partial charge in [-0.2, -0.15) is 0 Å². The first-order valence-electron chi connectivity index (χ1n) is 6.60. The number of rotatable bonds is 3. The molecule has 2 aromatic rings. The average Bonchev–Trinajstić information content (AvgIpc) is 2.88. The Balaban J connectivity index is 1.68. The zero-order valence-corrected chi connectivity index (χ0v) is 12.8. The fourth-order valence-electron chi connectivity index (χ4n) is 2.41. The van der Waals surface area contributed by atoms with E-state index >= 15 is 0 Å². The van der Waals surface area contributed by atoms with Crippen molar-refractivity contribution in [3.8, 4) is 5.75 Å². The standard InChI is InChI=1S/C16H13BrFNO2/c17-12-4-5-15-11(8-12)6-7-19(15)16(20)10-21-14-3-1-2-13(18)9-14/h1-5,8-9H,6-7,10H2. The van der Waals surface area contributed by atoms with Gasteiger partial charge >= 0.3 is 0 Å². The number of amides is 1. The smallest absolute Gasteiger partial charge is 0.264 e. The molecule has 108 valence electrons. The van der Waals surface area contributed by atoms with Crippen molar-refractivity contribution in [1.82, 2.24) is 0 Å². The van der Waals surface area contributed by atoms with Crippen LogP contribution in [0.4, 0.5) is 10.1 Å². The molecule has 3 rings (SSSR count). The van der Waals surface area contributed by atoms with E-state index in [2.05, 4.69) is 15.9 Å². The van der Waals surface area contributed by atoms with E-state index in [9.17, 15) is 9.18 Å². The Bertz CT molecular complexity index is 690. The quantitative estimate of drug-likeness (QED) is 0.847. The van der Waals surface area contributed by atoms with Crippen LogP contribution >= 0.6 is 15.9 Å². The first kappa shape index (κ1) is 14.1. The first-order chi connectivity index (χ1) is 10.1. The van der Waals surface area contributed by atoms with E-state index in [1.165, 1.54) is 12.1 Å². The largest absolute Gasteiger partial charge is 0.484 e. The maximum atomic E-state index is 13.0. The molecular formula is C16H13BrFNO2. The van der Waals surface area contributed by atoms with Crippen LogP contribution in [0.5, 0.6) is 5.75 Å². The van der Waals surface area contributed by atoms with Gasteiger partial charge < -0.3 is 9.64 Å². The molecule has 0 aromatic heterocycles. The lowest BCUT2D eigenvalue weighted by Crippen LogP contribution is -2.33. The van der Waals surface area contributed by atoms with Crippen LogP contribution in [0, 0.1) is 5.82 Å². The van der Waals surface area contributed by atoms with E-state index in [-0.39, 0.29) is 18.3 Å². The molecule has 1 aliphatic heterocycles. The zero-order valence-electron chi connectivity index (χ0n) is 11.2. The van der Waals surface area contributed by atoms with E-state index in [0.29, 0.717) is 12.3 Å². The average molecular weight is 350 g/mol. The molecular weight excluding hydrogens is 337 g/mol. The molecule has 0 bridgehead atoms. The van der Waals surface area contributed by atoms with Crippen LogP contribution in [0.15, 0.2) is 46.9 Å². The number of anilines is 1. The lowest BCUT2D eigenvalue weighted by atomic mass is 10.2. The number of ether oxygens (including phenoxy) is 1. The summed E-state index contributed by atoms with van der Waals surface area (Å²) in [6.45, 7) is 0.552. The van der Waals surface area contributed by atoms with Crippen molar-refractivity contribution < 1.29 is 13.9 Å². The summed E-state index contributed by atoms with van der Waals surface area (Å²) >= 11 is 3.43. The first-order valence-corrected chi connectivity index (χ1v) is 7.40. The number of benzene rings is 2. The van der Waals surface area contributed by atoms with Gasteiger partial charge in [-0.25, -0.2) is 4.39 Å². The highest BCUT2D eigenvalue weighted by Crippen LogP contribution is 2.30. The molecule has 0 N–H and O–H groups in total. The van der Waals surface area contributed by atoms with Crippen molar-refractivity contribution in [2.24, 2.45) is 0 Å². The summed E-state index contributed by atoms with van der Waals surface area (Å²) in [7, 11) is 0. The Morgan fingerprint density at radius 2 is 2.14 bits per heavy atom. The van der Waals surface area contributed by atoms with Crippen molar-refractivity contribution in [3.05, 3.63) is 58.3 Å². The Labute approximate surface area is 130 Å². The van der Waals surface area contributed by atoms with Gasteiger partial charge in [0.1, 0.15) is 11.6 Å². The molecule has 2 aromatic carbocycles. The van der Waals surface area contributed by atoms with Crippen molar-refractivity contribution in [2.45, 2.75) is 6.42 Å². The minimum absolute atomic E-state index is 0.0983. The number of hydrogen-bond donors (Lipinski definition) is 0. The van der Waals surface area contributed by atoms with Gasteiger partial charge in [0.25, 0.3) is 5.91 Å².